The van der Waals surface area contributed by atoms with Crippen LogP contribution in [0.3, 0.4) is 0 Å². The van der Waals surface area contributed by atoms with Crippen molar-refractivity contribution in [2.45, 2.75) is 39.8 Å². The zero-order chi connectivity index (χ0) is 13.7. The summed E-state index contributed by atoms with van der Waals surface area (Å²) in [4.78, 5) is 11.5. The lowest BCUT2D eigenvalue weighted by Gasteiger charge is -2.24. The van der Waals surface area contributed by atoms with Gasteiger partial charge >= 0.3 is 5.97 Å². The van der Waals surface area contributed by atoms with Crippen LogP contribution in [-0.2, 0) is 9.53 Å². The number of esters is 1. The molecule has 18 heavy (non-hydrogen) atoms. The zero-order valence-corrected chi connectivity index (χ0v) is 11.9. The minimum Gasteiger partial charge on any atom is -0.469 e. The quantitative estimate of drug-likeness (QED) is 0.815. The van der Waals surface area contributed by atoms with Gasteiger partial charge in [-0.2, -0.15) is 0 Å². The number of methoxy groups -OCH3 is 1. The second-order valence-corrected chi connectivity index (χ2v) is 4.90. The number of ether oxygens (including phenoxy) is 1. The highest BCUT2D eigenvalue weighted by Gasteiger charge is 2.22. The molecule has 0 aliphatic carbocycles. The largest absolute Gasteiger partial charge is 0.469 e. The Morgan fingerprint density at radius 3 is 2.22 bits per heavy atom. The maximum Gasteiger partial charge on any atom is 0.309 e. The van der Waals surface area contributed by atoms with Crippen molar-refractivity contribution in [2.24, 2.45) is 5.92 Å². The SMILES string of the molecule is COC(=O)C(C)C(C)N[C@H](C)c1ccc(C)cc1. The monoisotopic (exact) mass is 249 g/mol. The van der Waals surface area contributed by atoms with Crippen molar-refractivity contribution >= 4 is 5.97 Å². The number of carbonyl (C=O) groups excluding carboxylic acids is 1. The Balaban J connectivity index is 2.61. The Hall–Kier alpha value is -1.35. The van der Waals surface area contributed by atoms with E-state index in [1.807, 2.05) is 13.8 Å². The average Bonchev–Trinajstić information content (AvgIpc) is 2.37. The molecule has 0 saturated heterocycles. The number of hydrogen-bond acceptors (Lipinski definition) is 3. The maximum absolute atomic E-state index is 11.5. The molecule has 1 N–H and O–H groups in total. The van der Waals surface area contributed by atoms with Gasteiger partial charge in [-0.25, -0.2) is 0 Å². The molecule has 2 unspecified atom stereocenters. The molecule has 0 radical (unpaired) electrons. The highest BCUT2D eigenvalue weighted by Crippen LogP contribution is 2.16. The molecular weight excluding hydrogens is 226 g/mol. The van der Waals surface area contributed by atoms with E-state index in [1.54, 1.807) is 0 Å². The van der Waals surface area contributed by atoms with E-state index in [9.17, 15) is 4.79 Å². The van der Waals surface area contributed by atoms with E-state index >= 15 is 0 Å². The second-order valence-electron chi connectivity index (χ2n) is 4.90. The topological polar surface area (TPSA) is 38.3 Å². The summed E-state index contributed by atoms with van der Waals surface area (Å²) >= 11 is 0. The maximum atomic E-state index is 11.5. The second kappa shape index (κ2) is 6.55. The van der Waals surface area contributed by atoms with Crippen molar-refractivity contribution in [3.63, 3.8) is 0 Å². The third kappa shape index (κ3) is 3.84. The summed E-state index contributed by atoms with van der Waals surface area (Å²) in [6.07, 6.45) is 0. The molecule has 0 saturated carbocycles. The Labute approximate surface area is 110 Å². The van der Waals surface area contributed by atoms with Crippen LogP contribution in [0.2, 0.25) is 0 Å². The molecule has 0 spiro atoms. The number of hydrogen-bond donors (Lipinski definition) is 1. The number of rotatable bonds is 5. The van der Waals surface area contributed by atoms with Gasteiger partial charge in [-0.05, 0) is 26.3 Å². The van der Waals surface area contributed by atoms with Crippen LogP contribution >= 0.6 is 0 Å². The van der Waals surface area contributed by atoms with Gasteiger partial charge in [0.1, 0.15) is 0 Å². The molecule has 0 fully saturated rings. The molecule has 0 bridgehead atoms. The Morgan fingerprint density at radius 2 is 1.72 bits per heavy atom. The lowest BCUT2D eigenvalue weighted by Crippen LogP contribution is -2.38. The first-order valence-electron chi connectivity index (χ1n) is 6.36. The van der Waals surface area contributed by atoms with Crippen molar-refractivity contribution in [3.05, 3.63) is 35.4 Å². The van der Waals surface area contributed by atoms with Crippen molar-refractivity contribution < 1.29 is 9.53 Å². The van der Waals surface area contributed by atoms with E-state index in [1.165, 1.54) is 18.2 Å². The third-order valence-corrected chi connectivity index (χ3v) is 3.41. The summed E-state index contributed by atoms with van der Waals surface area (Å²) in [5.41, 5.74) is 2.48. The van der Waals surface area contributed by atoms with Gasteiger partial charge in [-0.1, -0.05) is 36.8 Å². The molecule has 1 aromatic rings. The number of benzene rings is 1. The minimum atomic E-state index is -0.175. The molecular formula is C15H23NO2. The lowest BCUT2D eigenvalue weighted by molar-refractivity contribution is -0.145. The number of carbonyl (C=O) groups is 1. The molecule has 1 rings (SSSR count). The summed E-state index contributed by atoms with van der Waals surface area (Å²) in [5, 5.41) is 3.43. The Bertz CT molecular complexity index is 386. The molecule has 3 nitrogen and oxygen atoms in total. The van der Waals surface area contributed by atoms with Gasteiger partial charge in [0.15, 0.2) is 0 Å². The van der Waals surface area contributed by atoms with Gasteiger partial charge in [0, 0.05) is 12.1 Å². The highest BCUT2D eigenvalue weighted by molar-refractivity contribution is 5.72. The number of nitrogens with one attached hydrogen (secondary N) is 1. The van der Waals surface area contributed by atoms with E-state index in [4.69, 9.17) is 4.74 Å². The minimum absolute atomic E-state index is 0.0775. The van der Waals surface area contributed by atoms with Crippen LogP contribution < -0.4 is 5.32 Å². The van der Waals surface area contributed by atoms with Gasteiger partial charge < -0.3 is 10.1 Å². The van der Waals surface area contributed by atoms with E-state index < -0.39 is 0 Å². The van der Waals surface area contributed by atoms with Crippen molar-refractivity contribution in [3.8, 4) is 0 Å². The predicted molar refractivity (Wildman–Crippen MR) is 73.4 cm³/mol. The van der Waals surface area contributed by atoms with Crippen LogP contribution in [0.4, 0.5) is 0 Å². The van der Waals surface area contributed by atoms with Crippen LogP contribution in [0.15, 0.2) is 24.3 Å². The van der Waals surface area contributed by atoms with Crippen LogP contribution in [-0.4, -0.2) is 19.1 Å². The van der Waals surface area contributed by atoms with E-state index in [0.29, 0.717) is 0 Å². The molecule has 3 atom stereocenters. The fraction of sp³-hybridized carbons (Fsp3) is 0.533. The molecule has 0 amide bonds. The average molecular weight is 249 g/mol. The van der Waals surface area contributed by atoms with Gasteiger partial charge in [-0.3, -0.25) is 4.79 Å². The van der Waals surface area contributed by atoms with E-state index in [-0.39, 0.29) is 24.0 Å². The summed E-state index contributed by atoms with van der Waals surface area (Å²) in [6, 6.07) is 8.72. The van der Waals surface area contributed by atoms with Crippen LogP contribution in [0.5, 0.6) is 0 Å². The first kappa shape index (κ1) is 14.7. The molecule has 0 aromatic heterocycles. The third-order valence-electron chi connectivity index (χ3n) is 3.41. The molecule has 3 heteroatoms. The predicted octanol–water partition coefficient (Wildman–Crippen LogP) is 2.84. The van der Waals surface area contributed by atoms with Crippen LogP contribution in [0.25, 0.3) is 0 Å². The molecule has 0 aliphatic heterocycles. The Morgan fingerprint density at radius 1 is 1.17 bits per heavy atom. The van der Waals surface area contributed by atoms with Gasteiger partial charge in [0.05, 0.1) is 13.0 Å². The normalized spacial score (nSPS) is 15.8. The first-order valence-corrected chi connectivity index (χ1v) is 6.36. The van der Waals surface area contributed by atoms with Gasteiger partial charge in [0.2, 0.25) is 0 Å². The molecule has 1 aromatic carbocycles. The van der Waals surface area contributed by atoms with Gasteiger partial charge in [0.25, 0.3) is 0 Å². The lowest BCUT2D eigenvalue weighted by atomic mass is 10.0. The van der Waals surface area contributed by atoms with Crippen LogP contribution in [0.1, 0.15) is 37.9 Å². The van der Waals surface area contributed by atoms with E-state index in [0.717, 1.165) is 0 Å². The summed E-state index contributed by atoms with van der Waals surface area (Å²) in [6.45, 7) is 8.06. The van der Waals surface area contributed by atoms with E-state index in [2.05, 4.69) is 43.4 Å². The van der Waals surface area contributed by atoms with Crippen molar-refractivity contribution in [2.75, 3.05) is 7.11 Å². The van der Waals surface area contributed by atoms with Gasteiger partial charge in [-0.15, -0.1) is 0 Å². The Kier molecular flexibility index (Phi) is 5.35. The first-order chi connectivity index (χ1) is 8.45. The fourth-order valence-electron chi connectivity index (χ4n) is 1.88. The van der Waals surface area contributed by atoms with Crippen molar-refractivity contribution in [1.29, 1.82) is 0 Å². The molecule has 100 valence electrons. The fourth-order valence-corrected chi connectivity index (χ4v) is 1.88. The highest BCUT2D eigenvalue weighted by atomic mass is 16.5. The van der Waals surface area contributed by atoms with Crippen LogP contribution in [0, 0.1) is 12.8 Å². The summed E-state index contributed by atoms with van der Waals surface area (Å²) in [5.74, 6) is -0.325. The summed E-state index contributed by atoms with van der Waals surface area (Å²) in [7, 11) is 1.43. The smallest absolute Gasteiger partial charge is 0.309 e. The molecule has 0 aliphatic rings. The summed E-state index contributed by atoms with van der Waals surface area (Å²) < 4.78 is 4.76. The molecule has 0 heterocycles. The standard InChI is InChI=1S/C15H23NO2/c1-10-6-8-14(9-7-10)13(4)16-12(3)11(2)15(17)18-5/h6-9,11-13,16H,1-5H3/t11?,12?,13-/m1/s1. The van der Waals surface area contributed by atoms with Crippen molar-refractivity contribution in [1.82, 2.24) is 5.32 Å². The zero-order valence-electron chi connectivity index (χ0n) is 11.9. The number of aryl methyl sites for hydroxylation is 1.